The van der Waals surface area contributed by atoms with Crippen molar-refractivity contribution in [2.45, 2.75) is 26.3 Å². The molecule has 2 aliphatic rings. The summed E-state index contributed by atoms with van der Waals surface area (Å²) in [4.78, 5) is 22.1. The highest BCUT2D eigenvalue weighted by Crippen LogP contribution is 2.43. The topological polar surface area (TPSA) is 75.6 Å². The highest BCUT2D eigenvalue weighted by atomic mass is 35.5. The first-order valence-corrected chi connectivity index (χ1v) is 6.25. The van der Waals surface area contributed by atoms with Crippen LogP contribution in [0.3, 0.4) is 0 Å². The van der Waals surface area contributed by atoms with Crippen LogP contribution in [0.5, 0.6) is 5.75 Å². The van der Waals surface area contributed by atoms with E-state index in [9.17, 15) is 9.59 Å². The van der Waals surface area contributed by atoms with Gasteiger partial charge in [-0.1, -0.05) is 13.0 Å². The molecule has 2 aliphatic carbocycles. The lowest BCUT2D eigenvalue weighted by Gasteiger charge is -2.02. The van der Waals surface area contributed by atoms with Crippen LogP contribution in [0.1, 0.15) is 20.3 Å². The minimum absolute atomic E-state index is 0.516. The maximum absolute atomic E-state index is 10.3. The molecule has 1 atom stereocenters. The molecule has 2 rings (SSSR count). The van der Waals surface area contributed by atoms with E-state index in [0.717, 1.165) is 25.7 Å². The van der Waals surface area contributed by atoms with Gasteiger partial charge in [0.25, 0.3) is 0 Å². The molecule has 0 aromatic carbocycles. The maximum atomic E-state index is 10.3. The standard InChI is InChI=1S/C9H10O.C4H6ClNO3/c1-2-5-10-9-4-3-7-6-8(7)9;1-2(7)3(6-5)4(8)9/h3-4,6H,2,5H2,1H3;3,6H,1H3,(H,8,9). The number of halogens is 1. The Morgan fingerprint density at radius 1 is 1.47 bits per heavy atom. The number of hydrogen-bond acceptors (Lipinski definition) is 4. The molecule has 6 heteroatoms. The molecule has 0 saturated heterocycles. The Morgan fingerprint density at radius 3 is 2.42 bits per heavy atom. The Bertz CT molecular complexity index is 462. The molecule has 0 radical (unpaired) electrons. The molecule has 0 aromatic heterocycles. The van der Waals surface area contributed by atoms with E-state index in [4.69, 9.17) is 21.6 Å². The molecule has 0 spiro atoms. The molecule has 104 valence electrons. The number of hydrogen-bond donors (Lipinski definition) is 2. The van der Waals surface area contributed by atoms with Crippen molar-refractivity contribution in [3.8, 4) is 16.9 Å². The normalized spacial score (nSPS) is 11.9. The number of carbonyl (C=O) groups is 2. The molecule has 0 aromatic rings. The predicted molar refractivity (Wildman–Crippen MR) is 72.3 cm³/mol. The fraction of sp³-hybridized carbons (Fsp3) is 0.385. The Balaban J connectivity index is 0.000000192. The first kappa shape index (κ1) is 15.5. The van der Waals surface area contributed by atoms with Gasteiger partial charge in [-0.2, -0.15) is 0 Å². The van der Waals surface area contributed by atoms with Gasteiger partial charge in [-0.3, -0.25) is 4.79 Å². The third-order valence-electron chi connectivity index (χ3n) is 2.43. The van der Waals surface area contributed by atoms with Gasteiger partial charge in [0.1, 0.15) is 5.75 Å². The van der Waals surface area contributed by atoms with Crippen LogP contribution in [0.25, 0.3) is 11.1 Å². The smallest absolute Gasteiger partial charge is 0.329 e. The van der Waals surface area contributed by atoms with E-state index in [1.165, 1.54) is 11.1 Å². The highest BCUT2D eigenvalue weighted by molar-refractivity contribution is 6.18. The molecule has 0 amide bonds. The molecular formula is C13H16ClNO4. The molecule has 0 heterocycles. The van der Waals surface area contributed by atoms with Crippen LogP contribution in [-0.4, -0.2) is 29.5 Å². The molecule has 0 aliphatic heterocycles. The summed E-state index contributed by atoms with van der Waals surface area (Å²) in [7, 11) is 0. The quantitative estimate of drug-likeness (QED) is 0.629. The van der Waals surface area contributed by atoms with Crippen LogP contribution >= 0.6 is 11.8 Å². The van der Waals surface area contributed by atoms with E-state index in [0.29, 0.717) is 0 Å². The predicted octanol–water partition coefficient (Wildman–Crippen LogP) is 2.23. The van der Waals surface area contributed by atoms with Gasteiger partial charge in [-0.15, -0.1) is 0 Å². The van der Waals surface area contributed by atoms with Crippen LogP contribution in [0.2, 0.25) is 0 Å². The fourth-order valence-corrected chi connectivity index (χ4v) is 1.61. The number of Topliss-reactive ketones (excluding diaryl/α,β-unsaturated/α-hetero) is 1. The molecule has 0 bridgehead atoms. The van der Waals surface area contributed by atoms with Crippen molar-refractivity contribution in [3.05, 3.63) is 18.2 Å². The number of ether oxygens (including phenoxy) is 1. The maximum Gasteiger partial charge on any atom is 0.329 e. The van der Waals surface area contributed by atoms with Gasteiger partial charge in [0.2, 0.25) is 0 Å². The third kappa shape index (κ3) is 4.54. The Hall–Kier alpha value is -1.59. The summed E-state index contributed by atoms with van der Waals surface area (Å²) in [6.45, 7) is 4.10. The van der Waals surface area contributed by atoms with E-state index in [1.54, 1.807) is 0 Å². The number of rotatable bonds is 6. The van der Waals surface area contributed by atoms with E-state index < -0.39 is 17.8 Å². The molecule has 19 heavy (non-hydrogen) atoms. The first-order chi connectivity index (χ1) is 9.01. The third-order valence-corrected chi connectivity index (χ3v) is 2.65. The second-order valence-corrected chi connectivity index (χ2v) is 4.27. The van der Waals surface area contributed by atoms with Crippen LogP contribution < -0.4 is 9.57 Å². The number of carbonyl (C=O) groups excluding carboxylic acids is 1. The van der Waals surface area contributed by atoms with Crippen LogP contribution in [0.15, 0.2) is 18.2 Å². The van der Waals surface area contributed by atoms with Crippen LogP contribution in [-0.2, 0) is 9.59 Å². The second kappa shape index (κ2) is 7.11. The van der Waals surface area contributed by atoms with E-state index >= 15 is 0 Å². The van der Waals surface area contributed by atoms with Crippen molar-refractivity contribution >= 4 is 23.5 Å². The molecular weight excluding hydrogens is 270 g/mol. The van der Waals surface area contributed by atoms with Crippen molar-refractivity contribution in [1.82, 2.24) is 4.84 Å². The summed E-state index contributed by atoms with van der Waals surface area (Å²) in [5.74, 6) is -0.716. The number of benzene rings is 1. The number of carboxylic acid groups (broad SMARTS) is 1. The summed E-state index contributed by atoms with van der Waals surface area (Å²) in [5.41, 5.74) is 2.67. The van der Waals surface area contributed by atoms with E-state index in [-0.39, 0.29) is 0 Å². The van der Waals surface area contributed by atoms with Gasteiger partial charge in [0.05, 0.1) is 6.61 Å². The van der Waals surface area contributed by atoms with Gasteiger partial charge in [0, 0.05) is 5.56 Å². The van der Waals surface area contributed by atoms with Crippen molar-refractivity contribution in [2.24, 2.45) is 0 Å². The number of fused-ring (bicyclic) bond motifs is 1. The zero-order valence-electron chi connectivity index (χ0n) is 10.8. The minimum Gasteiger partial charge on any atom is -0.493 e. The number of aliphatic carboxylic acids is 1. The van der Waals surface area contributed by atoms with E-state index in [1.807, 2.05) is 10.9 Å². The lowest BCUT2D eigenvalue weighted by molar-refractivity contribution is -0.142. The van der Waals surface area contributed by atoms with Crippen LogP contribution in [0, 0.1) is 0 Å². The fourth-order valence-electron chi connectivity index (χ4n) is 1.36. The van der Waals surface area contributed by atoms with Gasteiger partial charge in [0.15, 0.2) is 11.8 Å². The Kier molecular flexibility index (Phi) is 5.79. The molecule has 0 saturated carbocycles. The monoisotopic (exact) mass is 285 g/mol. The van der Waals surface area contributed by atoms with Gasteiger partial charge >= 0.3 is 5.97 Å². The SMILES string of the molecule is CC(=O)C(NCl)C(=O)O.CCCOc1ccc2cc1-2. The number of carboxylic acids is 1. The Morgan fingerprint density at radius 2 is 2.16 bits per heavy atom. The highest BCUT2D eigenvalue weighted by Gasteiger charge is 2.20. The van der Waals surface area contributed by atoms with Crippen molar-refractivity contribution in [3.63, 3.8) is 0 Å². The molecule has 1 unspecified atom stereocenters. The second-order valence-electron chi connectivity index (χ2n) is 4.05. The molecule has 5 nitrogen and oxygen atoms in total. The first-order valence-electron chi connectivity index (χ1n) is 5.87. The van der Waals surface area contributed by atoms with Crippen molar-refractivity contribution < 1.29 is 19.4 Å². The van der Waals surface area contributed by atoms with Gasteiger partial charge < -0.3 is 9.84 Å². The lowest BCUT2D eigenvalue weighted by Crippen LogP contribution is -2.36. The largest absolute Gasteiger partial charge is 0.493 e. The molecule has 0 fully saturated rings. The summed E-state index contributed by atoms with van der Waals surface area (Å²) < 4.78 is 5.45. The summed E-state index contributed by atoms with van der Waals surface area (Å²) in [6.07, 6.45) is 1.08. The zero-order valence-corrected chi connectivity index (χ0v) is 11.5. The van der Waals surface area contributed by atoms with Gasteiger partial charge in [-0.25, -0.2) is 9.63 Å². The zero-order chi connectivity index (χ0) is 14.4. The average molecular weight is 286 g/mol. The lowest BCUT2D eigenvalue weighted by atomic mass is 10.2. The summed E-state index contributed by atoms with van der Waals surface area (Å²) >= 11 is 4.91. The number of ketones is 1. The summed E-state index contributed by atoms with van der Waals surface area (Å²) in [5, 5.41) is 8.18. The summed E-state index contributed by atoms with van der Waals surface area (Å²) in [6, 6.07) is 5.00. The number of nitrogens with one attached hydrogen (secondary N) is 1. The van der Waals surface area contributed by atoms with Crippen molar-refractivity contribution in [1.29, 1.82) is 0 Å². The molecule has 2 N–H and O–H groups in total. The average Bonchev–Trinajstić information content (AvgIpc) is 3.01. The van der Waals surface area contributed by atoms with Crippen molar-refractivity contribution in [2.75, 3.05) is 6.61 Å². The van der Waals surface area contributed by atoms with Gasteiger partial charge in [-0.05, 0) is 42.8 Å². The minimum atomic E-state index is -1.29. The van der Waals surface area contributed by atoms with Crippen LogP contribution in [0.4, 0.5) is 0 Å². The van der Waals surface area contributed by atoms with E-state index in [2.05, 4.69) is 19.1 Å². The Labute approximate surface area is 116 Å².